The number of nitrogens with one attached hydrogen (secondary N) is 1. The second kappa shape index (κ2) is 8.96. The maximum absolute atomic E-state index is 12.9. The van der Waals surface area contributed by atoms with Gasteiger partial charge < -0.3 is 10.1 Å². The first-order valence-corrected chi connectivity index (χ1v) is 9.00. The van der Waals surface area contributed by atoms with Crippen molar-refractivity contribution in [3.05, 3.63) is 78.5 Å². The van der Waals surface area contributed by atoms with E-state index in [1.165, 1.54) is 42.2 Å². The van der Waals surface area contributed by atoms with Gasteiger partial charge in [0.1, 0.15) is 11.6 Å². The van der Waals surface area contributed by atoms with Gasteiger partial charge in [0.2, 0.25) is 11.8 Å². The van der Waals surface area contributed by atoms with Crippen molar-refractivity contribution in [2.75, 3.05) is 11.1 Å². The van der Waals surface area contributed by atoms with E-state index in [2.05, 4.69) is 15.3 Å². The Morgan fingerprint density at radius 2 is 1.96 bits per heavy atom. The normalized spacial score (nSPS) is 10.3. The van der Waals surface area contributed by atoms with Gasteiger partial charge >= 0.3 is 0 Å². The molecule has 1 N–H and O–H groups in total. The van der Waals surface area contributed by atoms with E-state index in [0.717, 1.165) is 11.3 Å². The second-order valence-electron chi connectivity index (χ2n) is 5.34. The third-order valence-corrected chi connectivity index (χ3v) is 4.28. The first-order chi connectivity index (χ1) is 12.7. The summed E-state index contributed by atoms with van der Waals surface area (Å²) in [5.41, 5.74) is 1.66. The molecule has 3 rings (SSSR count). The van der Waals surface area contributed by atoms with E-state index < -0.39 is 0 Å². The summed E-state index contributed by atoms with van der Waals surface area (Å²) in [6, 6.07) is 12.9. The highest BCUT2D eigenvalue weighted by atomic mass is 32.2. The average Bonchev–Trinajstić information content (AvgIpc) is 2.66. The highest BCUT2D eigenvalue weighted by Crippen LogP contribution is 2.20. The van der Waals surface area contributed by atoms with Crippen LogP contribution in [0.4, 0.5) is 10.1 Å². The zero-order valence-corrected chi connectivity index (χ0v) is 14.6. The molecule has 0 aliphatic rings. The predicted octanol–water partition coefficient (Wildman–Crippen LogP) is 4.28. The Hall–Kier alpha value is -2.93. The van der Waals surface area contributed by atoms with E-state index in [4.69, 9.17) is 4.74 Å². The second-order valence-corrected chi connectivity index (χ2v) is 6.33. The van der Waals surface area contributed by atoms with Crippen molar-refractivity contribution in [1.29, 1.82) is 0 Å². The summed E-state index contributed by atoms with van der Waals surface area (Å²) in [6.07, 6.45) is 5.02. The lowest BCUT2D eigenvalue weighted by atomic mass is 10.3. The van der Waals surface area contributed by atoms with E-state index in [0.29, 0.717) is 23.1 Å². The van der Waals surface area contributed by atoms with Gasteiger partial charge in [0.15, 0.2) is 0 Å². The van der Waals surface area contributed by atoms with Crippen molar-refractivity contribution in [3.63, 3.8) is 0 Å². The van der Waals surface area contributed by atoms with Gasteiger partial charge in [0.25, 0.3) is 0 Å². The maximum atomic E-state index is 12.9. The monoisotopic (exact) mass is 369 g/mol. The fraction of sp³-hybridized carbons (Fsp3) is 0.105. The molecule has 1 aromatic carbocycles. The summed E-state index contributed by atoms with van der Waals surface area (Å²) >= 11 is 1.51. The molecule has 2 aromatic heterocycles. The predicted molar refractivity (Wildman–Crippen MR) is 99.7 cm³/mol. The average molecular weight is 369 g/mol. The molecular weight excluding hydrogens is 353 g/mol. The first-order valence-electron chi connectivity index (χ1n) is 7.85. The molecule has 0 saturated heterocycles. The Morgan fingerprint density at radius 1 is 1.12 bits per heavy atom. The maximum Gasteiger partial charge on any atom is 0.234 e. The SMILES string of the molecule is O=C(CSCc1cccnc1)Nc1ccc(Oc2ccc(F)cc2)nc1. The number of amides is 1. The molecule has 0 aliphatic heterocycles. The number of pyridine rings is 2. The summed E-state index contributed by atoms with van der Waals surface area (Å²) in [6.45, 7) is 0. The quantitative estimate of drug-likeness (QED) is 0.673. The van der Waals surface area contributed by atoms with Crippen molar-refractivity contribution in [3.8, 4) is 11.6 Å². The van der Waals surface area contributed by atoms with Crippen LogP contribution in [0.3, 0.4) is 0 Å². The molecule has 0 unspecified atom stereocenters. The van der Waals surface area contributed by atoms with Crippen LogP contribution in [0, 0.1) is 5.82 Å². The van der Waals surface area contributed by atoms with E-state index in [9.17, 15) is 9.18 Å². The smallest absolute Gasteiger partial charge is 0.234 e. The standard InChI is InChI=1S/C19H16FN3O2S/c20-15-3-6-17(7-4-15)25-19-8-5-16(11-22-19)23-18(24)13-26-12-14-2-1-9-21-10-14/h1-11H,12-13H2,(H,23,24). The van der Waals surface area contributed by atoms with Gasteiger partial charge in [-0.2, -0.15) is 0 Å². The van der Waals surface area contributed by atoms with Crippen LogP contribution in [-0.2, 0) is 10.5 Å². The van der Waals surface area contributed by atoms with Gasteiger partial charge in [-0.15, -0.1) is 11.8 Å². The summed E-state index contributed by atoms with van der Waals surface area (Å²) in [4.78, 5) is 20.1. The largest absolute Gasteiger partial charge is 0.439 e. The Bertz CT molecular complexity index is 843. The molecule has 0 aliphatic carbocycles. The topological polar surface area (TPSA) is 64.1 Å². The van der Waals surface area contributed by atoms with Crippen LogP contribution in [0.1, 0.15) is 5.56 Å². The molecule has 2 heterocycles. The molecule has 0 radical (unpaired) electrons. The third-order valence-electron chi connectivity index (χ3n) is 3.28. The Labute approximate surface area is 154 Å². The third kappa shape index (κ3) is 5.56. The lowest BCUT2D eigenvalue weighted by molar-refractivity contribution is -0.113. The minimum Gasteiger partial charge on any atom is -0.439 e. The molecule has 0 atom stereocenters. The number of hydrogen-bond acceptors (Lipinski definition) is 5. The van der Waals surface area contributed by atoms with Crippen molar-refractivity contribution in [2.45, 2.75) is 5.75 Å². The van der Waals surface area contributed by atoms with E-state index in [1.54, 1.807) is 24.5 Å². The molecule has 7 heteroatoms. The Morgan fingerprint density at radius 3 is 2.65 bits per heavy atom. The lowest BCUT2D eigenvalue weighted by Crippen LogP contribution is -2.14. The first kappa shape index (κ1) is 17.9. The number of ether oxygens (including phenoxy) is 1. The van der Waals surface area contributed by atoms with Crippen LogP contribution in [0.15, 0.2) is 67.1 Å². The number of carbonyl (C=O) groups is 1. The van der Waals surface area contributed by atoms with Crippen LogP contribution in [-0.4, -0.2) is 21.6 Å². The van der Waals surface area contributed by atoms with Gasteiger partial charge in [-0.25, -0.2) is 9.37 Å². The van der Waals surface area contributed by atoms with Crippen molar-refractivity contribution in [2.24, 2.45) is 0 Å². The molecule has 0 bridgehead atoms. The van der Waals surface area contributed by atoms with E-state index in [-0.39, 0.29) is 11.7 Å². The van der Waals surface area contributed by atoms with E-state index in [1.807, 2.05) is 12.1 Å². The van der Waals surface area contributed by atoms with Crippen LogP contribution in [0.5, 0.6) is 11.6 Å². The number of halogens is 1. The highest BCUT2D eigenvalue weighted by Gasteiger charge is 2.05. The van der Waals surface area contributed by atoms with Crippen LogP contribution in [0.2, 0.25) is 0 Å². The molecule has 0 fully saturated rings. The zero-order chi connectivity index (χ0) is 18.2. The minimum atomic E-state index is -0.329. The zero-order valence-electron chi connectivity index (χ0n) is 13.8. The number of hydrogen-bond donors (Lipinski definition) is 1. The van der Waals surface area contributed by atoms with Gasteiger partial charge in [0, 0.05) is 24.2 Å². The fourth-order valence-electron chi connectivity index (χ4n) is 2.08. The number of aromatic nitrogens is 2. The Kier molecular flexibility index (Phi) is 6.16. The van der Waals surface area contributed by atoms with Gasteiger partial charge in [0.05, 0.1) is 17.6 Å². The number of rotatable bonds is 7. The van der Waals surface area contributed by atoms with Gasteiger partial charge in [-0.05, 0) is 42.0 Å². The fourth-order valence-corrected chi connectivity index (χ4v) is 2.85. The molecule has 0 saturated carbocycles. The number of anilines is 1. The molecule has 3 aromatic rings. The van der Waals surface area contributed by atoms with Crippen molar-refractivity contribution < 1.29 is 13.9 Å². The molecule has 26 heavy (non-hydrogen) atoms. The summed E-state index contributed by atoms with van der Waals surface area (Å²) < 4.78 is 18.4. The molecule has 1 amide bonds. The van der Waals surface area contributed by atoms with Crippen molar-refractivity contribution >= 4 is 23.4 Å². The molecular formula is C19H16FN3O2S. The van der Waals surface area contributed by atoms with E-state index >= 15 is 0 Å². The molecule has 5 nitrogen and oxygen atoms in total. The molecule has 132 valence electrons. The lowest BCUT2D eigenvalue weighted by Gasteiger charge is -2.07. The molecule has 0 spiro atoms. The van der Waals surface area contributed by atoms with Crippen LogP contribution in [0.25, 0.3) is 0 Å². The van der Waals surface area contributed by atoms with Crippen LogP contribution < -0.4 is 10.1 Å². The number of carbonyl (C=O) groups excluding carboxylic acids is 1. The number of thioether (sulfide) groups is 1. The van der Waals surface area contributed by atoms with Crippen LogP contribution >= 0.6 is 11.8 Å². The highest BCUT2D eigenvalue weighted by molar-refractivity contribution is 7.99. The van der Waals surface area contributed by atoms with Crippen molar-refractivity contribution in [1.82, 2.24) is 9.97 Å². The number of nitrogens with zero attached hydrogens (tertiary/aromatic N) is 2. The minimum absolute atomic E-state index is 0.104. The Balaban J connectivity index is 1.46. The van der Waals surface area contributed by atoms with Gasteiger partial charge in [-0.1, -0.05) is 6.07 Å². The number of benzene rings is 1. The summed E-state index contributed by atoms with van der Waals surface area (Å²) in [5, 5.41) is 2.78. The summed E-state index contributed by atoms with van der Waals surface area (Å²) in [5.74, 6) is 1.48. The van der Waals surface area contributed by atoms with Gasteiger partial charge in [-0.3, -0.25) is 9.78 Å². The summed E-state index contributed by atoms with van der Waals surface area (Å²) in [7, 11) is 0.